The van der Waals surface area contributed by atoms with E-state index in [1.54, 1.807) is 6.07 Å². The molecular formula is C13H17BrFN. The number of hydrogen-bond acceptors (Lipinski definition) is 1. The van der Waals surface area contributed by atoms with Gasteiger partial charge in [0.25, 0.3) is 0 Å². The van der Waals surface area contributed by atoms with Gasteiger partial charge in [0.15, 0.2) is 0 Å². The highest BCUT2D eigenvalue weighted by molar-refractivity contribution is 9.10. The quantitative estimate of drug-likeness (QED) is 0.881. The molecule has 16 heavy (non-hydrogen) atoms. The zero-order chi connectivity index (χ0) is 11.5. The number of benzene rings is 1. The fraction of sp³-hybridized carbons (Fsp3) is 0.538. The molecule has 1 aromatic carbocycles. The van der Waals surface area contributed by atoms with Gasteiger partial charge in [0.05, 0.1) is 4.47 Å². The second-order valence-electron chi connectivity index (χ2n) is 4.40. The van der Waals surface area contributed by atoms with Gasteiger partial charge in [-0.2, -0.15) is 0 Å². The van der Waals surface area contributed by atoms with Crippen LogP contribution in [0.2, 0.25) is 0 Å². The van der Waals surface area contributed by atoms with Crippen LogP contribution in [0, 0.1) is 11.7 Å². The van der Waals surface area contributed by atoms with Crippen molar-refractivity contribution in [2.24, 2.45) is 5.92 Å². The molecule has 1 unspecified atom stereocenters. The molecule has 0 aromatic heterocycles. The summed E-state index contributed by atoms with van der Waals surface area (Å²) in [7, 11) is 0. The Bertz CT molecular complexity index is 363. The van der Waals surface area contributed by atoms with Crippen molar-refractivity contribution >= 4 is 15.9 Å². The first kappa shape index (κ1) is 12.1. The molecule has 2 rings (SSSR count). The summed E-state index contributed by atoms with van der Waals surface area (Å²) in [6, 6.07) is 5.73. The van der Waals surface area contributed by atoms with Crippen molar-refractivity contribution in [3.63, 3.8) is 0 Å². The van der Waals surface area contributed by atoms with Crippen LogP contribution in [0.3, 0.4) is 0 Å². The molecular weight excluding hydrogens is 269 g/mol. The average Bonchev–Trinajstić information content (AvgIpc) is 2.19. The molecule has 0 saturated heterocycles. The van der Waals surface area contributed by atoms with Crippen molar-refractivity contribution < 1.29 is 4.39 Å². The molecule has 1 N–H and O–H groups in total. The first-order valence-corrected chi connectivity index (χ1v) is 6.70. The summed E-state index contributed by atoms with van der Waals surface area (Å²) in [5.74, 6) is 0.532. The zero-order valence-electron chi connectivity index (χ0n) is 9.47. The number of nitrogens with one attached hydrogen (secondary N) is 1. The highest BCUT2D eigenvalue weighted by Gasteiger charge is 2.27. The number of rotatable bonds is 4. The fourth-order valence-electron chi connectivity index (χ4n) is 2.26. The zero-order valence-corrected chi connectivity index (χ0v) is 11.1. The van der Waals surface area contributed by atoms with Crippen LogP contribution in [-0.4, -0.2) is 6.54 Å². The summed E-state index contributed by atoms with van der Waals surface area (Å²) < 4.78 is 13.7. The third kappa shape index (κ3) is 2.46. The Labute approximate surface area is 105 Å². The standard InChI is InChI=1S/C13H17BrFN/c1-2-16-13(9-4-3-5-9)10-6-7-12(15)11(14)8-10/h6-9,13,16H,2-5H2,1H3. The van der Waals surface area contributed by atoms with Gasteiger partial charge in [0.1, 0.15) is 5.82 Å². The molecule has 1 aliphatic carbocycles. The van der Waals surface area contributed by atoms with Crippen molar-refractivity contribution in [1.82, 2.24) is 5.32 Å². The van der Waals surface area contributed by atoms with Gasteiger partial charge in [-0.3, -0.25) is 0 Å². The maximum absolute atomic E-state index is 13.2. The van der Waals surface area contributed by atoms with E-state index in [0.29, 0.717) is 10.5 Å². The molecule has 88 valence electrons. The van der Waals surface area contributed by atoms with Gasteiger partial charge in [-0.1, -0.05) is 19.4 Å². The Kier molecular flexibility index (Phi) is 3.98. The Morgan fingerprint density at radius 3 is 2.75 bits per heavy atom. The molecule has 1 aromatic rings. The van der Waals surface area contributed by atoms with E-state index in [0.717, 1.165) is 12.5 Å². The Hall–Kier alpha value is -0.410. The maximum Gasteiger partial charge on any atom is 0.137 e. The van der Waals surface area contributed by atoms with Gasteiger partial charge in [0.2, 0.25) is 0 Å². The molecule has 0 radical (unpaired) electrons. The summed E-state index contributed by atoms with van der Waals surface area (Å²) >= 11 is 3.25. The largest absolute Gasteiger partial charge is 0.310 e. The summed E-state index contributed by atoms with van der Waals surface area (Å²) in [6.07, 6.45) is 3.90. The molecule has 0 bridgehead atoms. The minimum Gasteiger partial charge on any atom is -0.310 e. The van der Waals surface area contributed by atoms with Crippen LogP contribution in [-0.2, 0) is 0 Å². The van der Waals surface area contributed by atoms with Gasteiger partial charge in [0, 0.05) is 6.04 Å². The summed E-state index contributed by atoms with van der Waals surface area (Å²) in [5, 5.41) is 3.50. The minimum atomic E-state index is -0.187. The van der Waals surface area contributed by atoms with Crippen LogP contribution in [0.25, 0.3) is 0 Å². The van der Waals surface area contributed by atoms with E-state index >= 15 is 0 Å². The fourth-order valence-corrected chi connectivity index (χ4v) is 2.65. The summed E-state index contributed by atoms with van der Waals surface area (Å²) in [4.78, 5) is 0. The van der Waals surface area contributed by atoms with Gasteiger partial charge >= 0.3 is 0 Å². The predicted molar refractivity (Wildman–Crippen MR) is 67.9 cm³/mol. The van der Waals surface area contributed by atoms with Gasteiger partial charge in [-0.15, -0.1) is 0 Å². The highest BCUT2D eigenvalue weighted by Crippen LogP contribution is 2.38. The molecule has 0 heterocycles. The Balaban J connectivity index is 2.20. The van der Waals surface area contributed by atoms with Crippen molar-refractivity contribution in [2.75, 3.05) is 6.54 Å². The average molecular weight is 286 g/mol. The van der Waals surface area contributed by atoms with Crippen molar-refractivity contribution in [1.29, 1.82) is 0 Å². The molecule has 3 heteroatoms. The van der Waals surface area contributed by atoms with Crippen molar-refractivity contribution in [3.05, 3.63) is 34.1 Å². The number of hydrogen-bond donors (Lipinski definition) is 1. The van der Waals surface area contributed by atoms with Crippen LogP contribution in [0.5, 0.6) is 0 Å². The van der Waals surface area contributed by atoms with E-state index < -0.39 is 0 Å². The van der Waals surface area contributed by atoms with E-state index in [-0.39, 0.29) is 5.82 Å². The highest BCUT2D eigenvalue weighted by atomic mass is 79.9. The predicted octanol–water partition coefficient (Wildman–Crippen LogP) is 4.04. The lowest BCUT2D eigenvalue weighted by Gasteiger charge is -2.34. The first-order valence-electron chi connectivity index (χ1n) is 5.90. The molecule has 1 nitrogen and oxygen atoms in total. The summed E-state index contributed by atoms with van der Waals surface area (Å²) in [5.41, 5.74) is 1.19. The summed E-state index contributed by atoms with van der Waals surface area (Å²) in [6.45, 7) is 3.07. The first-order chi connectivity index (χ1) is 7.72. The lowest BCUT2D eigenvalue weighted by molar-refractivity contribution is 0.233. The molecule has 0 amide bonds. The van der Waals surface area contributed by atoms with Crippen molar-refractivity contribution in [3.8, 4) is 0 Å². The Morgan fingerprint density at radius 2 is 2.25 bits per heavy atom. The van der Waals surface area contributed by atoms with Crippen LogP contribution in [0.4, 0.5) is 4.39 Å². The van der Waals surface area contributed by atoms with E-state index in [4.69, 9.17) is 0 Å². The molecule has 1 aliphatic rings. The third-order valence-corrected chi connectivity index (χ3v) is 3.96. The Morgan fingerprint density at radius 1 is 1.50 bits per heavy atom. The smallest absolute Gasteiger partial charge is 0.137 e. The van der Waals surface area contributed by atoms with E-state index in [2.05, 4.69) is 28.2 Å². The lowest BCUT2D eigenvalue weighted by atomic mass is 9.77. The molecule has 1 fully saturated rings. The monoisotopic (exact) mass is 285 g/mol. The van der Waals surface area contributed by atoms with Gasteiger partial charge in [-0.05, 0) is 58.9 Å². The molecule has 1 saturated carbocycles. The van der Waals surface area contributed by atoms with E-state index in [1.165, 1.54) is 24.8 Å². The SMILES string of the molecule is CCNC(c1ccc(F)c(Br)c1)C1CCC1. The lowest BCUT2D eigenvalue weighted by Crippen LogP contribution is -2.32. The molecule has 0 spiro atoms. The minimum absolute atomic E-state index is 0.187. The van der Waals surface area contributed by atoms with Crippen LogP contribution in [0.15, 0.2) is 22.7 Å². The van der Waals surface area contributed by atoms with Crippen LogP contribution >= 0.6 is 15.9 Å². The number of halogens is 2. The van der Waals surface area contributed by atoms with Crippen LogP contribution < -0.4 is 5.32 Å². The van der Waals surface area contributed by atoms with Crippen LogP contribution in [0.1, 0.15) is 37.8 Å². The van der Waals surface area contributed by atoms with E-state index in [9.17, 15) is 4.39 Å². The maximum atomic E-state index is 13.2. The normalized spacial score (nSPS) is 18.2. The van der Waals surface area contributed by atoms with Gasteiger partial charge in [-0.25, -0.2) is 4.39 Å². The molecule has 0 aliphatic heterocycles. The van der Waals surface area contributed by atoms with Crippen molar-refractivity contribution in [2.45, 2.75) is 32.2 Å². The second kappa shape index (κ2) is 5.28. The second-order valence-corrected chi connectivity index (χ2v) is 5.25. The molecule has 1 atom stereocenters. The third-order valence-electron chi connectivity index (χ3n) is 3.35. The van der Waals surface area contributed by atoms with Gasteiger partial charge < -0.3 is 5.32 Å². The topological polar surface area (TPSA) is 12.0 Å². The van der Waals surface area contributed by atoms with E-state index in [1.807, 2.05) is 12.1 Å².